The highest BCUT2D eigenvalue weighted by atomic mass is 35.5. The van der Waals surface area contributed by atoms with Gasteiger partial charge in [-0.1, -0.05) is 29.8 Å². The number of carbonyl (C=O) groups is 3. The summed E-state index contributed by atoms with van der Waals surface area (Å²) < 4.78 is 0. The van der Waals surface area contributed by atoms with Gasteiger partial charge in [0.1, 0.15) is 5.75 Å². The Morgan fingerprint density at radius 1 is 1.00 bits per heavy atom. The smallest absolute Gasteiger partial charge is 0.255 e. The van der Waals surface area contributed by atoms with Crippen molar-refractivity contribution >= 4 is 34.9 Å². The van der Waals surface area contributed by atoms with Gasteiger partial charge in [0.2, 0.25) is 11.7 Å². The van der Waals surface area contributed by atoms with E-state index in [2.05, 4.69) is 9.97 Å². The van der Waals surface area contributed by atoms with E-state index in [0.717, 1.165) is 0 Å². The average Bonchev–Trinajstić information content (AvgIpc) is 2.79. The van der Waals surface area contributed by atoms with Crippen LogP contribution in [0.5, 0.6) is 5.75 Å². The van der Waals surface area contributed by atoms with Crippen molar-refractivity contribution in [2.45, 2.75) is 13.0 Å². The molecule has 32 heavy (non-hydrogen) atoms. The molecule has 8 nitrogen and oxygen atoms in total. The van der Waals surface area contributed by atoms with Gasteiger partial charge in [0, 0.05) is 26.5 Å². The zero-order valence-corrected chi connectivity index (χ0v) is 18.3. The molecule has 164 valence electrons. The number of aromatic nitrogens is 2. The lowest BCUT2D eigenvalue weighted by Gasteiger charge is -2.26. The number of hydrogen-bond donors (Lipinski definition) is 1. The van der Waals surface area contributed by atoms with Gasteiger partial charge in [-0.2, -0.15) is 0 Å². The molecule has 3 aromatic rings. The van der Waals surface area contributed by atoms with Gasteiger partial charge < -0.3 is 14.9 Å². The van der Waals surface area contributed by atoms with Crippen LogP contribution >= 0.6 is 11.6 Å². The molecule has 0 unspecified atom stereocenters. The van der Waals surface area contributed by atoms with Crippen molar-refractivity contribution < 1.29 is 19.5 Å². The number of carbonyl (C=O) groups excluding carboxylic acids is 3. The van der Waals surface area contributed by atoms with Crippen LogP contribution < -0.4 is 4.90 Å². The Kier molecular flexibility index (Phi) is 7.17. The quantitative estimate of drug-likeness (QED) is 0.435. The second kappa shape index (κ2) is 10.0. The lowest BCUT2D eigenvalue weighted by Crippen LogP contribution is -2.34. The van der Waals surface area contributed by atoms with Crippen LogP contribution in [0, 0.1) is 0 Å². The number of nitrogens with zero attached hydrogens (tertiary/aromatic N) is 4. The molecular weight excluding hydrogens is 432 g/mol. The third kappa shape index (κ3) is 5.28. The van der Waals surface area contributed by atoms with Gasteiger partial charge in [0.15, 0.2) is 5.82 Å². The van der Waals surface area contributed by atoms with Gasteiger partial charge in [-0.3, -0.25) is 14.4 Å². The number of phenols is 1. The number of para-hydroxylation sites is 1. The summed E-state index contributed by atoms with van der Waals surface area (Å²) in [5.41, 5.74) is 1.26. The summed E-state index contributed by atoms with van der Waals surface area (Å²) >= 11 is 6.03. The largest absolute Gasteiger partial charge is 0.506 e. The van der Waals surface area contributed by atoms with Crippen LogP contribution in [-0.2, 0) is 11.3 Å². The number of ketones is 1. The maximum Gasteiger partial charge on any atom is 0.255 e. The first kappa shape index (κ1) is 22.9. The van der Waals surface area contributed by atoms with Crippen molar-refractivity contribution in [2.24, 2.45) is 0 Å². The number of Topliss-reactive ketones (excluding diaryl/α,β-unsaturated/α-hetero) is 1. The van der Waals surface area contributed by atoms with E-state index < -0.39 is 18.1 Å². The van der Waals surface area contributed by atoms with Gasteiger partial charge in [-0.25, -0.2) is 9.97 Å². The number of halogens is 1. The molecule has 1 N–H and O–H groups in total. The molecule has 0 fully saturated rings. The normalized spacial score (nSPS) is 10.5. The topological polar surface area (TPSA) is 104 Å². The first-order valence-electron chi connectivity index (χ1n) is 9.66. The van der Waals surface area contributed by atoms with Crippen LogP contribution in [0.2, 0.25) is 5.02 Å². The Morgan fingerprint density at radius 2 is 1.69 bits per heavy atom. The average molecular weight is 453 g/mol. The van der Waals surface area contributed by atoms with Gasteiger partial charge in [-0.15, -0.1) is 0 Å². The molecular formula is C23H21ClN4O4. The molecule has 3 rings (SSSR count). The minimum Gasteiger partial charge on any atom is -0.506 e. The van der Waals surface area contributed by atoms with Crippen molar-refractivity contribution in [1.29, 1.82) is 0 Å². The van der Waals surface area contributed by atoms with Crippen LogP contribution in [-0.4, -0.2) is 51.7 Å². The van der Waals surface area contributed by atoms with Gasteiger partial charge in [0.05, 0.1) is 29.2 Å². The number of anilines is 1. The molecule has 0 aliphatic rings. The molecule has 1 heterocycles. The predicted octanol–water partition coefficient (Wildman–Crippen LogP) is 3.34. The third-order valence-corrected chi connectivity index (χ3v) is 4.91. The second-order valence-corrected chi connectivity index (χ2v) is 7.56. The number of aromatic hydroxyl groups is 1. The van der Waals surface area contributed by atoms with Crippen LogP contribution in [0.1, 0.15) is 33.0 Å². The van der Waals surface area contributed by atoms with Crippen molar-refractivity contribution in [3.05, 3.63) is 82.9 Å². The minimum atomic E-state index is -0.541. The van der Waals surface area contributed by atoms with E-state index in [-0.39, 0.29) is 29.0 Å². The fourth-order valence-corrected chi connectivity index (χ4v) is 3.23. The fraction of sp³-hybridized carbons (Fsp3) is 0.174. The van der Waals surface area contributed by atoms with E-state index in [1.54, 1.807) is 50.5 Å². The first-order valence-corrected chi connectivity index (χ1v) is 10.0. The van der Waals surface area contributed by atoms with Crippen LogP contribution in [0.4, 0.5) is 5.69 Å². The highest BCUT2D eigenvalue weighted by Crippen LogP contribution is 2.28. The Bertz CT molecular complexity index is 1150. The van der Waals surface area contributed by atoms with E-state index in [1.165, 1.54) is 34.3 Å². The Balaban J connectivity index is 2.00. The van der Waals surface area contributed by atoms with Crippen molar-refractivity contribution in [2.75, 3.05) is 19.0 Å². The number of hydrogen-bond acceptors (Lipinski definition) is 6. The van der Waals surface area contributed by atoms with E-state index in [9.17, 15) is 19.5 Å². The molecule has 0 spiro atoms. The summed E-state index contributed by atoms with van der Waals surface area (Å²) in [6, 6.07) is 12.8. The van der Waals surface area contributed by atoms with Gasteiger partial charge in [-0.05, 0) is 35.9 Å². The molecule has 2 aromatic carbocycles. The second-order valence-electron chi connectivity index (χ2n) is 7.15. The maximum absolute atomic E-state index is 13.3. The fourth-order valence-electron chi connectivity index (χ4n) is 3.02. The summed E-state index contributed by atoms with van der Waals surface area (Å²) in [6.45, 7) is 0.0273. The number of rotatable bonds is 7. The maximum atomic E-state index is 13.3. The number of benzene rings is 2. The molecule has 1 aromatic heterocycles. The summed E-state index contributed by atoms with van der Waals surface area (Å²) in [6.07, 6.45) is 2.36. The van der Waals surface area contributed by atoms with Crippen molar-refractivity contribution in [3.63, 3.8) is 0 Å². The Hall–Kier alpha value is -3.78. The molecule has 0 aliphatic heterocycles. The van der Waals surface area contributed by atoms with Crippen molar-refractivity contribution in [1.82, 2.24) is 14.9 Å². The SMILES string of the molecule is CN(C)C(=O)c1ccccc1N(Cc1ccc(O)c(Cl)c1)C(=O)CC(=O)c1ncccn1. The van der Waals surface area contributed by atoms with Gasteiger partial charge >= 0.3 is 0 Å². The standard InChI is InChI=1S/C23H21ClN4O4/c1-27(2)23(32)16-6-3-4-7-18(16)28(14-15-8-9-19(29)17(24)12-15)21(31)13-20(30)22-25-10-5-11-26-22/h3-12,29H,13-14H2,1-2H3. The Labute approximate surface area is 190 Å². The van der Waals surface area contributed by atoms with E-state index in [1.807, 2.05) is 0 Å². The van der Waals surface area contributed by atoms with Gasteiger partial charge in [0.25, 0.3) is 5.91 Å². The predicted molar refractivity (Wildman–Crippen MR) is 120 cm³/mol. The highest BCUT2D eigenvalue weighted by molar-refractivity contribution is 6.32. The lowest BCUT2D eigenvalue weighted by molar-refractivity contribution is -0.117. The van der Waals surface area contributed by atoms with Crippen molar-refractivity contribution in [3.8, 4) is 5.75 Å². The molecule has 0 radical (unpaired) electrons. The molecule has 0 saturated carbocycles. The van der Waals surface area contributed by atoms with Crippen LogP contribution in [0.25, 0.3) is 0 Å². The van der Waals surface area contributed by atoms with Crippen LogP contribution in [0.15, 0.2) is 60.9 Å². The summed E-state index contributed by atoms with van der Waals surface area (Å²) in [7, 11) is 3.22. The molecule has 0 atom stereocenters. The van der Waals surface area contributed by atoms with E-state index >= 15 is 0 Å². The molecule has 2 amide bonds. The molecule has 0 aliphatic carbocycles. The number of phenolic OH excluding ortho intramolecular Hbond substituents is 1. The molecule has 0 bridgehead atoms. The third-order valence-electron chi connectivity index (χ3n) is 4.61. The van der Waals surface area contributed by atoms with E-state index in [0.29, 0.717) is 16.8 Å². The zero-order valence-electron chi connectivity index (χ0n) is 17.5. The summed E-state index contributed by atoms with van der Waals surface area (Å²) in [5, 5.41) is 9.83. The first-order chi connectivity index (χ1) is 15.3. The number of amides is 2. The summed E-state index contributed by atoms with van der Waals surface area (Å²) in [4.78, 5) is 49.1. The zero-order chi connectivity index (χ0) is 23.3. The monoisotopic (exact) mass is 452 g/mol. The van der Waals surface area contributed by atoms with Crippen LogP contribution in [0.3, 0.4) is 0 Å². The minimum absolute atomic E-state index is 0.0273. The lowest BCUT2D eigenvalue weighted by atomic mass is 10.1. The Morgan fingerprint density at radius 3 is 2.34 bits per heavy atom. The van der Waals surface area contributed by atoms with E-state index in [4.69, 9.17) is 11.6 Å². The molecule has 9 heteroatoms. The highest BCUT2D eigenvalue weighted by Gasteiger charge is 2.25. The summed E-state index contributed by atoms with van der Waals surface area (Å²) in [5.74, 6) is -1.52. The molecule has 0 saturated heterocycles.